The summed E-state index contributed by atoms with van der Waals surface area (Å²) in [5, 5.41) is 0. The van der Waals surface area contributed by atoms with Crippen LogP contribution in [0.1, 0.15) is 37.5 Å². The van der Waals surface area contributed by atoms with Crippen LogP contribution >= 0.6 is 0 Å². The molecule has 2 aliphatic heterocycles. The van der Waals surface area contributed by atoms with Gasteiger partial charge in [-0.25, -0.2) is 9.79 Å². The van der Waals surface area contributed by atoms with Crippen LogP contribution in [-0.4, -0.2) is 62.7 Å². The second kappa shape index (κ2) is 10.3. The molecule has 4 rings (SSSR count). The van der Waals surface area contributed by atoms with Crippen molar-refractivity contribution in [3.05, 3.63) is 64.9 Å². The topological polar surface area (TPSA) is 86.7 Å². The number of ether oxygens (including phenoxy) is 4. The Balaban J connectivity index is 1.47. The van der Waals surface area contributed by atoms with Crippen molar-refractivity contribution in [2.45, 2.75) is 26.2 Å². The molecular weight excluding hydrogens is 448 g/mol. The number of benzene rings is 2. The van der Waals surface area contributed by atoms with Crippen molar-refractivity contribution in [2.75, 3.05) is 40.0 Å². The van der Waals surface area contributed by atoms with E-state index in [0.29, 0.717) is 43.4 Å². The molecule has 184 valence electrons. The fraction of sp³-hybridized carbons (Fsp3) is 0.370. The molecule has 0 aliphatic carbocycles. The van der Waals surface area contributed by atoms with Crippen molar-refractivity contribution >= 4 is 23.9 Å². The van der Waals surface area contributed by atoms with E-state index in [9.17, 15) is 9.59 Å². The highest BCUT2D eigenvalue weighted by atomic mass is 16.6. The summed E-state index contributed by atoms with van der Waals surface area (Å²) in [5.41, 5.74) is 2.83. The molecule has 1 fully saturated rings. The first-order chi connectivity index (χ1) is 16.7. The molecule has 2 aromatic rings. The van der Waals surface area contributed by atoms with Gasteiger partial charge in [-0.05, 0) is 46.9 Å². The summed E-state index contributed by atoms with van der Waals surface area (Å²) in [4.78, 5) is 30.9. The van der Waals surface area contributed by atoms with Crippen LogP contribution < -0.4 is 9.47 Å². The molecule has 1 amide bonds. The van der Waals surface area contributed by atoms with Gasteiger partial charge in [-0.1, -0.05) is 39.0 Å². The van der Waals surface area contributed by atoms with Gasteiger partial charge in [-0.3, -0.25) is 4.79 Å². The van der Waals surface area contributed by atoms with Crippen molar-refractivity contribution < 1.29 is 28.5 Å². The first kappa shape index (κ1) is 24.5. The quantitative estimate of drug-likeness (QED) is 0.466. The maximum Gasteiger partial charge on any atom is 0.363 e. The van der Waals surface area contributed by atoms with Crippen molar-refractivity contribution in [3.63, 3.8) is 0 Å². The van der Waals surface area contributed by atoms with E-state index in [2.05, 4.69) is 25.8 Å². The Morgan fingerprint density at radius 2 is 1.80 bits per heavy atom. The number of hydrogen-bond acceptors (Lipinski definition) is 7. The number of aliphatic imine (C=N–C) groups is 1. The van der Waals surface area contributed by atoms with Gasteiger partial charge in [0.05, 0.1) is 20.3 Å². The van der Waals surface area contributed by atoms with Gasteiger partial charge in [0.2, 0.25) is 5.90 Å². The zero-order chi connectivity index (χ0) is 25.0. The van der Waals surface area contributed by atoms with Crippen molar-refractivity contribution in [1.29, 1.82) is 0 Å². The highest BCUT2D eigenvalue weighted by Gasteiger charge is 2.25. The summed E-state index contributed by atoms with van der Waals surface area (Å²) in [6, 6.07) is 13.0. The molecule has 8 nitrogen and oxygen atoms in total. The van der Waals surface area contributed by atoms with Crippen LogP contribution in [0.4, 0.5) is 0 Å². The third-order valence-corrected chi connectivity index (χ3v) is 5.82. The van der Waals surface area contributed by atoms with Crippen LogP contribution in [0.5, 0.6) is 11.5 Å². The molecule has 2 aliphatic rings. The van der Waals surface area contributed by atoms with E-state index in [-0.39, 0.29) is 29.5 Å². The SMILES string of the molecule is COc1cc(/C=C2\N=C(c3ccc(C(C)(C)C)cc3)OC2=O)ccc1OCC(=O)N1CCOCC1. The molecule has 0 aromatic heterocycles. The average molecular weight is 479 g/mol. The monoisotopic (exact) mass is 478 g/mol. The zero-order valence-electron chi connectivity index (χ0n) is 20.5. The van der Waals surface area contributed by atoms with Gasteiger partial charge < -0.3 is 23.8 Å². The summed E-state index contributed by atoms with van der Waals surface area (Å²) in [5.74, 6) is 0.536. The Morgan fingerprint density at radius 1 is 1.09 bits per heavy atom. The van der Waals surface area contributed by atoms with Crippen LogP contribution in [-0.2, 0) is 24.5 Å². The minimum Gasteiger partial charge on any atom is -0.493 e. The maximum absolute atomic E-state index is 12.4. The number of methoxy groups -OCH3 is 1. The molecule has 0 N–H and O–H groups in total. The first-order valence-corrected chi connectivity index (χ1v) is 11.5. The largest absolute Gasteiger partial charge is 0.493 e. The molecule has 2 aromatic carbocycles. The van der Waals surface area contributed by atoms with Crippen molar-refractivity contribution in [1.82, 2.24) is 4.90 Å². The third kappa shape index (κ3) is 5.89. The van der Waals surface area contributed by atoms with Gasteiger partial charge in [-0.15, -0.1) is 0 Å². The highest BCUT2D eigenvalue weighted by Crippen LogP contribution is 2.30. The Bertz CT molecular complexity index is 1160. The van der Waals surface area contributed by atoms with Crippen LogP contribution in [0.2, 0.25) is 0 Å². The lowest BCUT2D eigenvalue weighted by Gasteiger charge is -2.26. The average Bonchev–Trinajstić information content (AvgIpc) is 3.23. The van der Waals surface area contributed by atoms with E-state index in [0.717, 1.165) is 5.56 Å². The molecule has 0 bridgehead atoms. The van der Waals surface area contributed by atoms with Gasteiger partial charge in [-0.2, -0.15) is 0 Å². The number of cyclic esters (lactones) is 1. The second-order valence-electron chi connectivity index (χ2n) is 9.36. The predicted molar refractivity (Wildman–Crippen MR) is 132 cm³/mol. The van der Waals surface area contributed by atoms with Crippen LogP contribution in [0.3, 0.4) is 0 Å². The molecule has 0 atom stereocenters. The summed E-state index contributed by atoms with van der Waals surface area (Å²) in [6.07, 6.45) is 1.63. The number of carbonyl (C=O) groups is 2. The fourth-order valence-corrected chi connectivity index (χ4v) is 3.74. The van der Waals surface area contributed by atoms with E-state index in [1.807, 2.05) is 24.3 Å². The van der Waals surface area contributed by atoms with Gasteiger partial charge in [0.15, 0.2) is 23.8 Å². The van der Waals surface area contributed by atoms with Gasteiger partial charge in [0, 0.05) is 18.7 Å². The number of rotatable bonds is 6. The van der Waals surface area contributed by atoms with Crippen molar-refractivity contribution in [3.8, 4) is 11.5 Å². The highest BCUT2D eigenvalue weighted by molar-refractivity contribution is 6.12. The Kier molecular flexibility index (Phi) is 7.21. The molecule has 8 heteroatoms. The predicted octanol–water partition coefficient (Wildman–Crippen LogP) is 3.57. The third-order valence-electron chi connectivity index (χ3n) is 5.82. The Hall–Kier alpha value is -3.65. The summed E-state index contributed by atoms with van der Waals surface area (Å²) in [7, 11) is 1.52. The molecule has 1 saturated heterocycles. The zero-order valence-corrected chi connectivity index (χ0v) is 20.5. The summed E-state index contributed by atoms with van der Waals surface area (Å²) < 4.78 is 21.8. The minimum atomic E-state index is -0.518. The lowest BCUT2D eigenvalue weighted by atomic mass is 9.87. The van der Waals surface area contributed by atoms with E-state index in [1.54, 1.807) is 29.2 Å². The lowest BCUT2D eigenvalue weighted by Crippen LogP contribution is -2.43. The molecule has 0 radical (unpaired) electrons. The fourth-order valence-electron chi connectivity index (χ4n) is 3.74. The number of amides is 1. The first-order valence-electron chi connectivity index (χ1n) is 11.5. The van der Waals surface area contributed by atoms with Gasteiger partial charge in [0.1, 0.15) is 0 Å². The Labute approximate surface area is 205 Å². The number of nitrogens with zero attached hydrogens (tertiary/aromatic N) is 2. The molecule has 0 unspecified atom stereocenters. The summed E-state index contributed by atoms with van der Waals surface area (Å²) >= 11 is 0. The Morgan fingerprint density at radius 3 is 2.46 bits per heavy atom. The number of hydrogen-bond donors (Lipinski definition) is 0. The molecule has 35 heavy (non-hydrogen) atoms. The van der Waals surface area contributed by atoms with Gasteiger partial charge in [0.25, 0.3) is 5.91 Å². The molecule has 0 saturated carbocycles. The van der Waals surface area contributed by atoms with Crippen LogP contribution in [0, 0.1) is 0 Å². The van der Waals surface area contributed by atoms with E-state index >= 15 is 0 Å². The van der Waals surface area contributed by atoms with Crippen LogP contribution in [0.25, 0.3) is 6.08 Å². The standard InChI is InChI=1S/C27H30N2O6/c1-27(2,3)20-8-6-19(7-9-20)25-28-21(26(31)35-25)15-18-5-10-22(23(16-18)32-4)34-17-24(30)29-11-13-33-14-12-29/h5-10,15-16H,11-14,17H2,1-4H3/b21-15-. The normalized spacial score (nSPS) is 17.3. The smallest absolute Gasteiger partial charge is 0.363 e. The maximum atomic E-state index is 12.4. The second-order valence-corrected chi connectivity index (χ2v) is 9.36. The van der Waals surface area contributed by atoms with Crippen LogP contribution in [0.15, 0.2) is 53.2 Å². The van der Waals surface area contributed by atoms with Crippen molar-refractivity contribution in [2.24, 2.45) is 4.99 Å². The van der Waals surface area contributed by atoms with E-state index in [1.165, 1.54) is 12.7 Å². The van der Waals surface area contributed by atoms with E-state index < -0.39 is 5.97 Å². The minimum absolute atomic E-state index is 0.0302. The molecule has 0 spiro atoms. The lowest BCUT2D eigenvalue weighted by molar-refractivity contribution is -0.137. The van der Waals surface area contributed by atoms with Gasteiger partial charge >= 0.3 is 5.97 Å². The van der Waals surface area contributed by atoms with E-state index in [4.69, 9.17) is 18.9 Å². The number of esters is 1. The number of carbonyl (C=O) groups excluding carboxylic acids is 2. The summed E-state index contributed by atoms with van der Waals surface area (Å²) in [6.45, 7) is 8.52. The number of morpholine rings is 1. The molecule has 2 heterocycles. The molecular formula is C27H30N2O6.